The first-order valence-electron chi connectivity index (χ1n) is 7.64. The summed E-state index contributed by atoms with van der Waals surface area (Å²) in [5, 5.41) is 9.05. The van der Waals surface area contributed by atoms with Gasteiger partial charge in [-0.05, 0) is 42.3 Å². The number of hydrogen-bond donors (Lipinski definition) is 1. The molecule has 6 nitrogen and oxygen atoms in total. The molecule has 0 aliphatic rings. The average molecular weight is 363 g/mol. The van der Waals surface area contributed by atoms with Gasteiger partial charge in [-0.25, -0.2) is 8.42 Å². The number of nitrogens with zero attached hydrogens (tertiary/aromatic N) is 1. The molecule has 0 aromatic heterocycles. The Morgan fingerprint density at radius 2 is 1.76 bits per heavy atom. The molecule has 0 aliphatic heterocycles. The van der Waals surface area contributed by atoms with Gasteiger partial charge in [0.05, 0.1) is 18.4 Å². The Balaban J connectivity index is 2.33. The van der Waals surface area contributed by atoms with E-state index in [9.17, 15) is 13.2 Å². The lowest BCUT2D eigenvalue weighted by Crippen LogP contribution is -2.27. The fraction of sp³-hybridized carbons (Fsp3) is 0.278. The molecule has 0 saturated heterocycles. The highest BCUT2D eigenvalue weighted by atomic mass is 32.2. The van der Waals surface area contributed by atoms with E-state index < -0.39 is 16.0 Å². The zero-order valence-corrected chi connectivity index (χ0v) is 15.2. The molecule has 0 radical (unpaired) electrons. The first-order chi connectivity index (χ1) is 11.7. The van der Waals surface area contributed by atoms with Crippen LogP contribution in [0.4, 0.5) is 0 Å². The largest absolute Gasteiger partial charge is 0.497 e. The highest BCUT2D eigenvalue weighted by Gasteiger charge is 2.22. The van der Waals surface area contributed by atoms with Crippen LogP contribution in [0.2, 0.25) is 0 Å². The van der Waals surface area contributed by atoms with E-state index in [-0.39, 0.29) is 17.9 Å². The smallest absolute Gasteiger partial charge is 0.307 e. The maximum absolute atomic E-state index is 12.7. The molecule has 0 bridgehead atoms. The van der Waals surface area contributed by atoms with Crippen LogP contribution in [0.25, 0.3) is 0 Å². The summed E-state index contributed by atoms with van der Waals surface area (Å²) in [5.74, 6) is -0.430. The minimum atomic E-state index is -3.67. The van der Waals surface area contributed by atoms with E-state index in [4.69, 9.17) is 9.84 Å². The standard InChI is InChI=1S/C18H21NO5S/c1-13-4-8-17(9-5-13)25(22,23)19(2)12-15-10-16(24-3)7-6-14(15)11-18(20)21/h4-10H,11-12H2,1-3H3,(H,20,21). The molecule has 7 heteroatoms. The molecule has 0 amide bonds. The Morgan fingerprint density at radius 1 is 1.12 bits per heavy atom. The van der Waals surface area contributed by atoms with Crippen LogP contribution in [0.1, 0.15) is 16.7 Å². The summed E-state index contributed by atoms with van der Waals surface area (Å²) >= 11 is 0. The Hall–Kier alpha value is -2.38. The van der Waals surface area contributed by atoms with Crippen molar-refractivity contribution in [2.24, 2.45) is 0 Å². The summed E-state index contributed by atoms with van der Waals surface area (Å²) in [6.45, 7) is 1.94. The quantitative estimate of drug-likeness (QED) is 0.817. The number of ether oxygens (including phenoxy) is 1. The van der Waals surface area contributed by atoms with Gasteiger partial charge in [0.15, 0.2) is 0 Å². The first-order valence-corrected chi connectivity index (χ1v) is 9.08. The van der Waals surface area contributed by atoms with Crippen molar-refractivity contribution < 1.29 is 23.1 Å². The van der Waals surface area contributed by atoms with Crippen LogP contribution in [0.15, 0.2) is 47.4 Å². The van der Waals surface area contributed by atoms with Crippen LogP contribution in [-0.4, -0.2) is 38.0 Å². The predicted octanol–water partition coefficient (Wildman–Crippen LogP) is 2.45. The number of rotatable bonds is 7. The van der Waals surface area contributed by atoms with Crippen LogP contribution in [0.3, 0.4) is 0 Å². The summed E-state index contributed by atoms with van der Waals surface area (Å²) in [7, 11) is -0.699. The fourth-order valence-corrected chi connectivity index (χ4v) is 3.58. The molecular formula is C18H21NO5S. The fourth-order valence-electron chi connectivity index (χ4n) is 2.43. The summed E-state index contributed by atoms with van der Waals surface area (Å²) < 4.78 is 31.8. The monoisotopic (exact) mass is 363 g/mol. The van der Waals surface area contributed by atoms with Crippen molar-refractivity contribution in [3.8, 4) is 5.75 Å². The normalized spacial score (nSPS) is 11.5. The van der Waals surface area contributed by atoms with Crippen molar-refractivity contribution in [3.63, 3.8) is 0 Å². The second kappa shape index (κ2) is 7.67. The van der Waals surface area contributed by atoms with Crippen molar-refractivity contribution in [2.75, 3.05) is 14.2 Å². The molecule has 0 atom stereocenters. The Bertz CT molecular complexity index is 860. The number of hydrogen-bond acceptors (Lipinski definition) is 4. The topological polar surface area (TPSA) is 83.9 Å². The third-order valence-corrected chi connectivity index (χ3v) is 5.69. The summed E-state index contributed by atoms with van der Waals surface area (Å²) in [5.41, 5.74) is 2.12. The Morgan fingerprint density at radius 3 is 2.32 bits per heavy atom. The molecule has 25 heavy (non-hydrogen) atoms. The van der Waals surface area contributed by atoms with Gasteiger partial charge in [0.1, 0.15) is 5.75 Å². The van der Waals surface area contributed by atoms with Crippen LogP contribution < -0.4 is 4.74 Å². The lowest BCUT2D eigenvalue weighted by molar-refractivity contribution is -0.136. The second-order valence-electron chi connectivity index (χ2n) is 5.78. The van der Waals surface area contributed by atoms with E-state index in [1.165, 1.54) is 18.5 Å². The van der Waals surface area contributed by atoms with Crippen LogP contribution in [-0.2, 0) is 27.8 Å². The summed E-state index contributed by atoms with van der Waals surface area (Å²) in [6, 6.07) is 11.6. The maximum Gasteiger partial charge on any atom is 0.307 e. The zero-order chi connectivity index (χ0) is 18.6. The molecular weight excluding hydrogens is 342 g/mol. The zero-order valence-electron chi connectivity index (χ0n) is 14.4. The molecule has 134 valence electrons. The number of carbonyl (C=O) groups is 1. The van der Waals surface area contributed by atoms with Crippen molar-refractivity contribution in [3.05, 3.63) is 59.2 Å². The molecule has 0 spiro atoms. The number of carboxylic acid groups (broad SMARTS) is 1. The van der Waals surface area contributed by atoms with Gasteiger partial charge in [-0.15, -0.1) is 0 Å². The first kappa shape index (κ1) is 19.0. The molecule has 2 aromatic rings. The molecule has 0 fully saturated rings. The number of aliphatic carboxylic acids is 1. The van der Waals surface area contributed by atoms with E-state index in [0.29, 0.717) is 16.9 Å². The highest BCUT2D eigenvalue weighted by Crippen LogP contribution is 2.23. The second-order valence-corrected chi connectivity index (χ2v) is 7.82. The van der Waals surface area contributed by atoms with E-state index in [0.717, 1.165) is 5.56 Å². The summed E-state index contributed by atoms with van der Waals surface area (Å²) in [6.07, 6.45) is -0.183. The van der Waals surface area contributed by atoms with E-state index in [1.54, 1.807) is 42.5 Å². The number of methoxy groups -OCH3 is 1. The SMILES string of the molecule is COc1ccc(CC(=O)O)c(CN(C)S(=O)(=O)c2ccc(C)cc2)c1. The van der Waals surface area contributed by atoms with Crippen molar-refractivity contribution in [1.82, 2.24) is 4.31 Å². The summed E-state index contributed by atoms with van der Waals surface area (Å²) in [4.78, 5) is 11.2. The van der Waals surface area contributed by atoms with Crippen molar-refractivity contribution >= 4 is 16.0 Å². The highest BCUT2D eigenvalue weighted by molar-refractivity contribution is 7.89. The van der Waals surface area contributed by atoms with Gasteiger partial charge < -0.3 is 9.84 Å². The van der Waals surface area contributed by atoms with Gasteiger partial charge in [0.25, 0.3) is 0 Å². The maximum atomic E-state index is 12.7. The third kappa shape index (κ3) is 4.58. The van der Waals surface area contributed by atoms with Crippen LogP contribution >= 0.6 is 0 Å². The van der Waals surface area contributed by atoms with E-state index in [2.05, 4.69) is 0 Å². The molecule has 0 aliphatic carbocycles. The van der Waals surface area contributed by atoms with Gasteiger partial charge >= 0.3 is 5.97 Å². The predicted molar refractivity (Wildman–Crippen MR) is 94.2 cm³/mol. The Kier molecular flexibility index (Phi) is 5.81. The van der Waals surface area contributed by atoms with Gasteiger partial charge in [0.2, 0.25) is 10.0 Å². The van der Waals surface area contributed by atoms with Gasteiger partial charge in [-0.1, -0.05) is 23.8 Å². The van der Waals surface area contributed by atoms with Crippen molar-refractivity contribution in [1.29, 1.82) is 0 Å². The van der Waals surface area contributed by atoms with E-state index >= 15 is 0 Å². The third-order valence-electron chi connectivity index (χ3n) is 3.88. The minimum absolute atomic E-state index is 0.0516. The molecule has 0 saturated carbocycles. The molecule has 2 rings (SSSR count). The number of carboxylic acids is 1. The van der Waals surface area contributed by atoms with Crippen molar-refractivity contribution in [2.45, 2.75) is 24.8 Å². The van der Waals surface area contributed by atoms with Gasteiger partial charge in [-0.2, -0.15) is 4.31 Å². The number of benzene rings is 2. The van der Waals surface area contributed by atoms with Crippen LogP contribution in [0.5, 0.6) is 5.75 Å². The lowest BCUT2D eigenvalue weighted by atomic mass is 10.0. The Labute approximate surface area is 147 Å². The van der Waals surface area contributed by atoms with Gasteiger partial charge in [0, 0.05) is 13.6 Å². The number of sulfonamides is 1. The molecule has 1 N–H and O–H groups in total. The van der Waals surface area contributed by atoms with Gasteiger partial charge in [-0.3, -0.25) is 4.79 Å². The lowest BCUT2D eigenvalue weighted by Gasteiger charge is -2.19. The molecule has 2 aromatic carbocycles. The molecule has 0 heterocycles. The minimum Gasteiger partial charge on any atom is -0.497 e. The molecule has 0 unspecified atom stereocenters. The van der Waals surface area contributed by atoms with Crippen LogP contribution in [0, 0.1) is 6.92 Å². The number of aryl methyl sites for hydroxylation is 1. The average Bonchev–Trinajstić information content (AvgIpc) is 2.56. The van der Waals surface area contributed by atoms with E-state index in [1.807, 2.05) is 6.92 Å².